The molecule has 0 saturated carbocycles. The quantitative estimate of drug-likeness (QED) is 0.766. The van der Waals surface area contributed by atoms with Crippen LogP contribution in [0.5, 0.6) is 5.75 Å². The van der Waals surface area contributed by atoms with E-state index < -0.39 is 0 Å². The topological polar surface area (TPSA) is 74.0 Å². The number of amides is 1. The summed E-state index contributed by atoms with van der Waals surface area (Å²) in [5.74, 6) is 0.588. The summed E-state index contributed by atoms with van der Waals surface area (Å²) in [6.45, 7) is 0.257. The van der Waals surface area contributed by atoms with Crippen LogP contribution in [0.2, 0.25) is 0 Å². The van der Waals surface area contributed by atoms with Gasteiger partial charge in [0.05, 0.1) is 12.2 Å². The number of carbonyl (C=O) groups is 1. The molecule has 1 aliphatic carbocycles. The SMILES string of the molecule is Cn1ncc2c1CCC[C@@H]2NC(=O)c1ccn(COc2ccccc2)n1. The highest BCUT2D eigenvalue weighted by atomic mass is 16.5. The van der Waals surface area contributed by atoms with E-state index >= 15 is 0 Å². The van der Waals surface area contributed by atoms with Crippen molar-refractivity contribution in [3.63, 3.8) is 0 Å². The van der Waals surface area contributed by atoms with Gasteiger partial charge in [-0.15, -0.1) is 0 Å². The van der Waals surface area contributed by atoms with E-state index in [2.05, 4.69) is 15.5 Å². The number of nitrogens with one attached hydrogen (secondary N) is 1. The number of para-hydroxylation sites is 1. The number of aromatic nitrogens is 4. The molecule has 2 aromatic heterocycles. The van der Waals surface area contributed by atoms with Crippen molar-refractivity contribution in [2.24, 2.45) is 7.05 Å². The minimum atomic E-state index is -0.176. The Morgan fingerprint density at radius 2 is 2.15 bits per heavy atom. The van der Waals surface area contributed by atoms with Crippen LogP contribution in [0.3, 0.4) is 0 Å². The highest BCUT2D eigenvalue weighted by molar-refractivity contribution is 5.92. The second kappa shape index (κ2) is 7.03. The maximum Gasteiger partial charge on any atom is 0.272 e. The van der Waals surface area contributed by atoms with E-state index in [0.717, 1.165) is 30.6 Å². The second-order valence-electron chi connectivity index (χ2n) is 6.42. The molecular formula is C19H21N5O2. The molecule has 4 rings (SSSR count). The first-order chi connectivity index (χ1) is 12.7. The van der Waals surface area contributed by atoms with Crippen molar-refractivity contribution in [2.45, 2.75) is 32.0 Å². The average Bonchev–Trinajstić information content (AvgIpc) is 3.29. The summed E-state index contributed by atoms with van der Waals surface area (Å²) in [6.07, 6.45) is 6.56. The third kappa shape index (κ3) is 3.33. The Morgan fingerprint density at radius 3 is 3.00 bits per heavy atom. The Hall–Kier alpha value is -3.09. The van der Waals surface area contributed by atoms with Gasteiger partial charge in [0.15, 0.2) is 6.73 Å². The van der Waals surface area contributed by atoms with Gasteiger partial charge in [-0.25, -0.2) is 4.68 Å². The van der Waals surface area contributed by atoms with Gasteiger partial charge >= 0.3 is 0 Å². The monoisotopic (exact) mass is 351 g/mol. The summed E-state index contributed by atoms with van der Waals surface area (Å²) in [6, 6.07) is 11.2. The molecule has 0 aliphatic heterocycles. The lowest BCUT2D eigenvalue weighted by molar-refractivity contribution is 0.0925. The van der Waals surface area contributed by atoms with Crippen LogP contribution < -0.4 is 10.1 Å². The fourth-order valence-corrected chi connectivity index (χ4v) is 3.30. The van der Waals surface area contributed by atoms with E-state index in [4.69, 9.17) is 4.74 Å². The highest BCUT2D eigenvalue weighted by Gasteiger charge is 2.25. The zero-order valence-electron chi connectivity index (χ0n) is 14.6. The van der Waals surface area contributed by atoms with Crippen LogP contribution in [0.15, 0.2) is 48.8 Å². The lowest BCUT2D eigenvalue weighted by atomic mass is 9.93. The van der Waals surface area contributed by atoms with E-state index in [9.17, 15) is 4.79 Å². The summed E-state index contributed by atoms with van der Waals surface area (Å²) in [5.41, 5.74) is 2.69. The van der Waals surface area contributed by atoms with E-state index in [0.29, 0.717) is 5.69 Å². The Kier molecular flexibility index (Phi) is 4.43. The van der Waals surface area contributed by atoms with Crippen molar-refractivity contribution < 1.29 is 9.53 Å². The predicted molar refractivity (Wildman–Crippen MR) is 95.7 cm³/mol. The molecule has 0 radical (unpaired) electrons. The molecule has 0 unspecified atom stereocenters. The number of fused-ring (bicyclic) bond motifs is 1. The Morgan fingerprint density at radius 1 is 1.31 bits per heavy atom. The van der Waals surface area contributed by atoms with Gasteiger partial charge in [-0.1, -0.05) is 18.2 Å². The molecule has 134 valence electrons. The number of hydrogen-bond donors (Lipinski definition) is 1. The molecule has 7 nitrogen and oxygen atoms in total. The number of nitrogens with zero attached hydrogens (tertiary/aromatic N) is 4. The van der Waals surface area contributed by atoms with Gasteiger partial charge < -0.3 is 10.1 Å². The van der Waals surface area contributed by atoms with E-state index in [1.54, 1.807) is 16.9 Å². The third-order valence-electron chi connectivity index (χ3n) is 4.66. The summed E-state index contributed by atoms with van der Waals surface area (Å²) in [7, 11) is 1.94. The first-order valence-electron chi connectivity index (χ1n) is 8.73. The first-order valence-corrected chi connectivity index (χ1v) is 8.73. The molecule has 1 N–H and O–H groups in total. The molecule has 0 fully saturated rings. The molecule has 0 spiro atoms. The van der Waals surface area contributed by atoms with Crippen LogP contribution >= 0.6 is 0 Å². The number of carbonyl (C=O) groups excluding carboxylic acids is 1. The van der Waals surface area contributed by atoms with E-state index in [-0.39, 0.29) is 18.7 Å². The lowest BCUT2D eigenvalue weighted by Crippen LogP contribution is -2.31. The normalized spacial score (nSPS) is 16.1. The largest absolute Gasteiger partial charge is 0.471 e. The van der Waals surface area contributed by atoms with Gasteiger partial charge in [0.1, 0.15) is 11.4 Å². The molecule has 7 heteroatoms. The Labute approximate surface area is 151 Å². The van der Waals surface area contributed by atoms with E-state index in [1.807, 2.05) is 48.3 Å². The molecule has 0 bridgehead atoms. The second-order valence-corrected chi connectivity index (χ2v) is 6.42. The first kappa shape index (κ1) is 16.4. The molecule has 0 saturated heterocycles. The zero-order valence-corrected chi connectivity index (χ0v) is 14.6. The predicted octanol–water partition coefficient (Wildman–Crippen LogP) is 2.46. The van der Waals surface area contributed by atoms with Crippen LogP contribution in [-0.2, 0) is 20.2 Å². The minimum absolute atomic E-state index is 0.00864. The Bertz CT molecular complexity index is 900. The molecule has 1 aromatic carbocycles. The summed E-state index contributed by atoms with van der Waals surface area (Å²) in [4.78, 5) is 12.6. The average molecular weight is 351 g/mol. The van der Waals surface area contributed by atoms with Crippen LogP contribution in [0.4, 0.5) is 0 Å². The number of hydrogen-bond acceptors (Lipinski definition) is 4. The van der Waals surface area contributed by atoms with Gasteiger partial charge in [0, 0.05) is 24.5 Å². The lowest BCUT2D eigenvalue weighted by Gasteiger charge is -2.23. The molecule has 1 amide bonds. The molecule has 1 aliphatic rings. The van der Waals surface area contributed by atoms with Gasteiger partial charge in [0.25, 0.3) is 5.91 Å². The van der Waals surface area contributed by atoms with Gasteiger partial charge in [-0.2, -0.15) is 10.2 Å². The van der Waals surface area contributed by atoms with Crippen LogP contribution in [0, 0.1) is 0 Å². The fourth-order valence-electron chi connectivity index (χ4n) is 3.30. The van der Waals surface area contributed by atoms with Crippen LogP contribution in [-0.4, -0.2) is 25.5 Å². The van der Waals surface area contributed by atoms with Crippen LogP contribution in [0.25, 0.3) is 0 Å². The van der Waals surface area contributed by atoms with Crippen LogP contribution in [0.1, 0.15) is 40.6 Å². The fraction of sp³-hybridized carbons (Fsp3) is 0.316. The van der Waals surface area contributed by atoms with Gasteiger partial charge in [0.2, 0.25) is 0 Å². The smallest absolute Gasteiger partial charge is 0.272 e. The number of benzene rings is 1. The minimum Gasteiger partial charge on any atom is -0.471 e. The highest BCUT2D eigenvalue weighted by Crippen LogP contribution is 2.29. The maximum absolute atomic E-state index is 12.6. The van der Waals surface area contributed by atoms with Crippen molar-refractivity contribution >= 4 is 5.91 Å². The standard InChI is InChI=1S/C19H21N5O2/c1-23-18-9-5-8-16(15(18)12-20-23)21-19(25)17-10-11-24(22-17)13-26-14-6-3-2-4-7-14/h2-4,6-7,10-12,16H,5,8-9,13H2,1H3,(H,21,25)/t16-/m0/s1. The molecule has 3 aromatic rings. The molecule has 26 heavy (non-hydrogen) atoms. The van der Waals surface area contributed by atoms with Crippen molar-refractivity contribution in [3.8, 4) is 5.75 Å². The van der Waals surface area contributed by atoms with Crippen molar-refractivity contribution in [1.82, 2.24) is 24.9 Å². The zero-order chi connectivity index (χ0) is 17.9. The third-order valence-corrected chi connectivity index (χ3v) is 4.66. The van der Waals surface area contributed by atoms with Crippen molar-refractivity contribution in [1.29, 1.82) is 0 Å². The van der Waals surface area contributed by atoms with Gasteiger partial charge in [-0.05, 0) is 37.5 Å². The molecule has 2 heterocycles. The maximum atomic E-state index is 12.6. The number of ether oxygens (including phenoxy) is 1. The van der Waals surface area contributed by atoms with Crippen molar-refractivity contribution in [2.75, 3.05) is 0 Å². The van der Waals surface area contributed by atoms with Crippen molar-refractivity contribution in [3.05, 3.63) is 65.7 Å². The molecule has 1 atom stereocenters. The summed E-state index contributed by atoms with van der Waals surface area (Å²) < 4.78 is 9.14. The number of aryl methyl sites for hydroxylation is 1. The Balaban J connectivity index is 1.39. The summed E-state index contributed by atoms with van der Waals surface area (Å²) in [5, 5.41) is 11.7. The van der Waals surface area contributed by atoms with E-state index in [1.165, 1.54) is 5.69 Å². The molecular weight excluding hydrogens is 330 g/mol. The van der Waals surface area contributed by atoms with Gasteiger partial charge in [-0.3, -0.25) is 9.48 Å². The summed E-state index contributed by atoms with van der Waals surface area (Å²) >= 11 is 0. The number of rotatable bonds is 5.